The number of benzene rings is 1. The first-order valence-electron chi connectivity index (χ1n) is 9.84. The van der Waals surface area contributed by atoms with Crippen molar-refractivity contribution >= 4 is 15.9 Å². The fraction of sp³-hybridized carbons (Fsp3) is 0.591. The van der Waals surface area contributed by atoms with Gasteiger partial charge in [0, 0.05) is 12.5 Å². The third-order valence-electron chi connectivity index (χ3n) is 7.15. The highest BCUT2D eigenvalue weighted by atomic mass is 32.2. The maximum absolute atomic E-state index is 11.9. The third-order valence-corrected chi connectivity index (χ3v) is 8.01. The van der Waals surface area contributed by atoms with Crippen molar-refractivity contribution in [2.45, 2.75) is 52.0 Å². The summed E-state index contributed by atoms with van der Waals surface area (Å²) in [5.41, 5.74) is 1.78. The number of carbonyl (C=O) groups is 1. The topological polar surface area (TPSA) is 115 Å². The lowest BCUT2D eigenvalue weighted by Crippen LogP contribution is -2.42. The lowest BCUT2D eigenvalue weighted by molar-refractivity contribution is -0.128. The van der Waals surface area contributed by atoms with Gasteiger partial charge in [0.15, 0.2) is 0 Å². The van der Waals surface area contributed by atoms with E-state index in [1.807, 2.05) is 13.8 Å². The molecule has 0 radical (unpaired) electrons. The molecule has 6 nitrogen and oxygen atoms in total. The fourth-order valence-electron chi connectivity index (χ4n) is 5.37. The van der Waals surface area contributed by atoms with E-state index in [1.165, 1.54) is 24.0 Å². The van der Waals surface area contributed by atoms with Crippen LogP contribution in [0, 0.1) is 29.1 Å². The number of rotatable bonds is 4. The fourth-order valence-corrected chi connectivity index (χ4v) is 6.67. The molecular formula is C22H31NO5S. The van der Waals surface area contributed by atoms with Crippen molar-refractivity contribution in [3.63, 3.8) is 0 Å². The van der Waals surface area contributed by atoms with Gasteiger partial charge in [-0.2, -0.15) is 8.42 Å². The van der Waals surface area contributed by atoms with E-state index in [0.29, 0.717) is 25.4 Å². The van der Waals surface area contributed by atoms with Crippen LogP contribution in [-0.4, -0.2) is 36.5 Å². The molecule has 3 aliphatic carbocycles. The lowest BCUT2D eigenvalue weighted by atomic mass is 9.70. The highest BCUT2D eigenvalue weighted by Crippen LogP contribution is 2.64. The van der Waals surface area contributed by atoms with Crippen molar-refractivity contribution in [1.82, 2.24) is 5.32 Å². The second-order valence-corrected chi connectivity index (χ2v) is 10.2. The molecule has 0 amide bonds. The van der Waals surface area contributed by atoms with Crippen LogP contribution in [0.4, 0.5) is 0 Å². The van der Waals surface area contributed by atoms with Crippen LogP contribution in [-0.2, 0) is 21.3 Å². The van der Waals surface area contributed by atoms with E-state index < -0.39 is 21.3 Å². The highest BCUT2D eigenvalue weighted by Gasteiger charge is 2.65. The number of hydrogen-bond acceptors (Lipinski definition) is 4. The Balaban J connectivity index is 0.000000202. The van der Waals surface area contributed by atoms with Gasteiger partial charge in [-0.05, 0) is 48.1 Å². The van der Waals surface area contributed by atoms with Crippen molar-refractivity contribution in [2.75, 3.05) is 12.3 Å². The van der Waals surface area contributed by atoms with Crippen LogP contribution in [0.1, 0.15) is 56.7 Å². The van der Waals surface area contributed by atoms with Crippen LogP contribution in [0.2, 0.25) is 0 Å². The van der Waals surface area contributed by atoms with E-state index in [2.05, 4.69) is 35.5 Å². The molecule has 7 heteroatoms. The summed E-state index contributed by atoms with van der Waals surface area (Å²) < 4.78 is 31.0. The minimum absolute atomic E-state index is 0. The Morgan fingerprint density at radius 3 is 2.52 bits per heavy atom. The zero-order valence-corrected chi connectivity index (χ0v) is 17.9. The first kappa shape index (κ1) is 23.6. The van der Waals surface area contributed by atoms with Gasteiger partial charge in [-0.15, -0.1) is 6.42 Å². The molecule has 0 heterocycles. The van der Waals surface area contributed by atoms with Crippen molar-refractivity contribution in [3.05, 3.63) is 35.4 Å². The molecule has 4 rings (SSSR count). The average Bonchev–Trinajstić information content (AvgIpc) is 3.19. The van der Waals surface area contributed by atoms with Crippen LogP contribution in [0.15, 0.2) is 24.3 Å². The first-order chi connectivity index (χ1) is 13.1. The monoisotopic (exact) mass is 421 g/mol. The smallest absolute Gasteiger partial charge is 0.265 e. The van der Waals surface area contributed by atoms with Crippen molar-refractivity contribution in [1.29, 1.82) is 0 Å². The van der Waals surface area contributed by atoms with E-state index in [1.54, 1.807) is 0 Å². The van der Waals surface area contributed by atoms with Crippen molar-refractivity contribution in [2.24, 2.45) is 16.7 Å². The van der Waals surface area contributed by atoms with Crippen LogP contribution >= 0.6 is 0 Å². The molecular weight excluding hydrogens is 390 g/mol. The highest BCUT2D eigenvalue weighted by molar-refractivity contribution is 7.85. The number of nitrogens with one attached hydrogen (secondary N) is 1. The van der Waals surface area contributed by atoms with E-state index in [-0.39, 0.29) is 22.6 Å². The molecule has 0 saturated heterocycles. The lowest BCUT2D eigenvalue weighted by Gasteiger charge is -2.35. The quantitative estimate of drug-likeness (QED) is 0.572. The third kappa shape index (κ3) is 4.41. The summed E-state index contributed by atoms with van der Waals surface area (Å²) in [4.78, 5) is 11.9. The summed E-state index contributed by atoms with van der Waals surface area (Å²) in [6.45, 7) is 4.56. The van der Waals surface area contributed by atoms with Crippen LogP contribution in [0.5, 0.6) is 0 Å². The number of carbonyl (C=O) groups excluding carboxylic acids is 1. The van der Waals surface area contributed by atoms with Gasteiger partial charge < -0.3 is 5.48 Å². The molecule has 1 aromatic carbocycles. The zero-order chi connectivity index (χ0) is 20.6. The van der Waals surface area contributed by atoms with Gasteiger partial charge in [-0.1, -0.05) is 44.0 Å². The van der Waals surface area contributed by atoms with E-state index >= 15 is 0 Å². The largest absolute Gasteiger partial charge is 0.412 e. The van der Waals surface area contributed by atoms with E-state index in [4.69, 9.17) is 11.0 Å². The minimum Gasteiger partial charge on any atom is -0.412 e. The van der Waals surface area contributed by atoms with E-state index in [9.17, 15) is 13.2 Å². The Morgan fingerprint density at radius 2 is 1.97 bits per heavy atom. The van der Waals surface area contributed by atoms with Gasteiger partial charge in [-0.25, -0.2) is 0 Å². The van der Waals surface area contributed by atoms with Crippen LogP contribution in [0.3, 0.4) is 0 Å². The second-order valence-electron chi connectivity index (χ2n) is 8.77. The molecule has 2 saturated carbocycles. The maximum Gasteiger partial charge on any atom is 0.265 e. The molecule has 0 aromatic heterocycles. The molecule has 2 unspecified atom stereocenters. The van der Waals surface area contributed by atoms with Gasteiger partial charge in [0.05, 0.1) is 17.7 Å². The Labute approximate surface area is 173 Å². The van der Waals surface area contributed by atoms with Gasteiger partial charge in [0.1, 0.15) is 5.78 Å². The number of hydrogen-bond donors (Lipinski definition) is 2. The van der Waals surface area contributed by atoms with Gasteiger partial charge in [-0.3, -0.25) is 14.7 Å². The summed E-state index contributed by atoms with van der Waals surface area (Å²) in [5, 5.41) is 3.35. The summed E-state index contributed by atoms with van der Waals surface area (Å²) in [7, 11) is -4.08. The number of ketones is 1. The molecule has 1 aromatic rings. The summed E-state index contributed by atoms with van der Waals surface area (Å²) in [6, 6.07) is 9.06. The Hall–Kier alpha value is -1.72. The molecule has 29 heavy (non-hydrogen) atoms. The Morgan fingerprint density at radius 1 is 1.28 bits per heavy atom. The van der Waals surface area contributed by atoms with Crippen molar-refractivity contribution in [3.8, 4) is 12.3 Å². The molecule has 4 N–H and O–H groups in total. The number of fused-ring (bicyclic) bond motifs is 3. The zero-order valence-electron chi connectivity index (χ0n) is 17.1. The Bertz CT molecular complexity index is 902. The first-order valence-corrected chi connectivity index (χ1v) is 11.4. The number of Topliss-reactive ketones (excluding diaryl/α,β-unsaturated/α-hetero) is 1. The number of aryl methyl sites for hydroxylation is 1. The predicted octanol–water partition coefficient (Wildman–Crippen LogP) is 2.34. The van der Waals surface area contributed by atoms with Gasteiger partial charge in [0.25, 0.3) is 10.1 Å². The standard InChI is InChI=1S/C12H13N.C10H16O4S.H2O/c1-2-9-13-12-8-7-10-5-3-4-6-11(10)12;1-9(2)7-3-4-10(9,8(11)5-7)6-15(12,13)14;/h1,3-6,12-13H,7-9H2;7H,3-6H2,1-2H3,(H,12,13,14);1H2/t12-;;/m1../s1. The number of terminal acetylenes is 1. The molecule has 3 aliphatic rings. The molecule has 3 atom stereocenters. The normalized spacial score (nSPS) is 28.7. The average molecular weight is 422 g/mol. The predicted molar refractivity (Wildman–Crippen MR) is 113 cm³/mol. The molecule has 0 aliphatic heterocycles. The molecule has 2 fully saturated rings. The molecule has 160 valence electrons. The second kappa shape index (κ2) is 8.57. The van der Waals surface area contributed by atoms with Crippen LogP contribution < -0.4 is 5.32 Å². The molecule has 2 bridgehead atoms. The van der Waals surface area contributed by atoms with E-state index in [0.717, 1.165) is 6.42 Å². The van der Waals surface area contributed by atoms with Crippen molar-refractivity contribution < 1.29 is 23.2 Å². The summed E-state index contributed by atoms with van der Waals surface area (Å²) >= 11 is 0. The minimum atomic E-state index is -4.08. The van der Waals surface area contributed by atoms with Gasteiger partial charge >= 0.3 is 0 Å². The van der Waals surface area contributed by atoms with Gasteiger partial charge in [0.2, 0.25) is 0 Å². The SMILES string of the molecule is C#CCN[C@@H]1CCc2ccccc21.CC1(C)C2CCC1(CS(=O)(=O)O)C(=O)C2.O. The van der Waals surface area contributed by atoms with Crippen LogP contribution in [0.25, 0.3) is 0 Å². The summed E-state index contributed by atoms with van der Waals surface area (Å²) in [5.74, 6) is 2.51. The maximum atomic E-state index is 11.9. The molecule has 0 spiro atoms. The Kier molecular flexibility index (Phi) is 6.96. The summed E-state index contributed by atoms with van der Waals surface area (Å²) in [6.07, 6.45) is 9.55.